The average molecular weight is 363 g/mol. The third-order valence-electron chi connectivity index (χ3n) is 4.52. The predicted molar refractivity (Wildman–Crippen MR) is 106 cm³/mol. The highest BCUT2D eigenvalue weighted by Gasteiger charge is 2.16. The fourth-order valence-electron chi connectivity index (χ4n) is 3.09. The normalized spacial score (nSPS) is 18.1. The first-order chi connectivity index (χ1) is 11.4. The average Bonchev–Trinajstić information content (AvgIpc) is 3.02. The van der Waals surface area contributed by atoms with Crippen molar-refractivity contribution in [3.8, 4) is 0 Å². The van der Waals surface area contributed by atoms with Crippen LogP contribution in [-0.4, -0.2) is 26.2 Å². The number of thioether (sulfide) groups is 1. The fraction of sp³-hybridized carbons (Fsp3) is 0.400. The molecule has 1 aliphatic rings. The van der Waals surface area contributed by atoms with E-state index in [4.69, 9.17) is 0 Å². The summed E-state index contributed by atoms with van der Waals surface area (Å²) in [6, 6.07) is 7.29. The van der Waals surface area contributed by atoms with Crippen LogP contribution < -0.4 is 0 Å². The van der Waals surface area contributed by atoms with E-state index in [2.05, 4.69) is 31.9 Å². The number of benzene rings is 1. The van der Waals surface area contributed by atoms with Gasteiger partial charge in [0.2, 0.25) is 0 Å². The smallest absolute Gasteiger partial charge is 0.175 e. The molecule has 0 fully saturated rings. The van der Waals surface area contributed by atoms with E-state index < -0.39 is 9.84 Å². The SMILES string of the molecule is C=CC(SC)C(C)/C=C/C1=C(c2ccc(S(C)(=O)=O)cc2)CCC1. The van der Waals surface area contributed by atoms with Crippen molar-refractivity contribution in [2.75, 3.05) is 12.5 Å². The molecule has 0 bridgehead atoms. The molecule has 0 aromatic heterocycles. The summed E-state index contributed by atoms with van der Waals surface area (Å²) in [6.07, 6.45) is 13.2. The van der Waals surface area contributed by atoms with Gasteiger partial charge >= 0.3 is 0 Å². The minimum absolute atomic E-state index is 0.379. The highest BCUT2D eigenvalue weighted by atomic mass is 32.2. The molecule has 1 aromatic rings. The second kappa shape index (κ2) is 8.21. The van der Waals surface area contributed by atoms with Gasteiger partial charge in [-0.1, -0.05) is 37.3 Å². The van der Waals surface area contributed by atoms with Crippen LogP contribution in [0.1, 0.15) is 31.7 Å². The fourth-order valence-corrected chi connectivity index (χ4v) is 4.43. The molecular weight excluding hydrogens is 336 g/mol. The summed E-state index contributed by atoms with van der Waals surface area (Å²) in [5.74, 6) is 0.444. The molecule has 130 valence electrons. The summed E-state index contributed by atoms with van der Waals surface area (Å²) in [4.78, 5) is 0.379. The molecule has 0 spiro atoms. The van der Waals surface area contributed by atoms with E-state index in [0.29, 0.717) is 16.1 Å². The van der Waals surface area contributed by atoms with E-state index in [0.717, 1.165) is 24.8 Å². The molecule has 0 aliphatic heterocycles. The lowest BCUT2D eigenvalue weighted by Gasteiger charge is -2.14. The Labute approximate surface area is 150 Å². The molecule has 2 nitrogen and oxygen atoms in total. The molecule has 1 aliphatic carbocycles. The molecule has 0 amide bonds. The van der Waals surface area contributed by atoms with Crippen molar-refractivity contribution in [1.29, 1.82) is 0 Å². The van der Waals surface area contributed by atoms with Crippen LogP contribution in [0.3, 0.4) is 0 Å². The lowest BCUT2D eigenvalue weighted by molar-refractivity contribution is 0.602. The van der Waals surface area contributed by atoms with Crippen LogP contribution in [0.4, 0.5) is 0 Å². The van der Waals surface area contributed by atoms with Crippen molar-refractivity contribution in [2.45, 2.75) is 36.3 Å². The molecule has 2 rings (SSSR count). The van der Waals surface area contributed by atoms with Gasteiger partial charge in [0.1, 0.15) is 0 Å². The van der Waals surface area contributed by atoms with Crippen LogP contribution in [0.25, 0.3) is 5.57 Å². The zero-order chi connectivity index (χ0) is 17.7. The minimum Gasteiger partial charge on any atom is -0.224 e. The van der Waals surface area contributed by atoms with Crippen LogP contribution in [-0.2, 0) is 9.84 Å². The monoisotopic (exact) mass is 362 g/mol. The largest absolute Gasteiger partial charge is 0.224 e. The Bertz CT molecular complexity index is 740. The molecule has 0 N–H and O–H groups in total. The molecule has 4 heteroatoms. The van der Waals surface area contributed by atoms with Gasteiger partial charge in [0.25, 0.3) is 0 Å². The first-order valence-electron chi connectivity index (χ1n) is 8.23. The second-order valence-electron chi connectivity index (χ2n) is 6.31. The van der Waals surface area contributed by atoms with E-state index in [9.17, 15) is 8.42 Å². The van der Waals surface area contributed by atoms with E-state index in [1.807, 2.05) is 30.0 Å². The van der Waals surface area contributed by atoms with Crippen molar-refractivity contribution in [2.24, 2.45) is 5.92 Å². The number of allylic oxidation sites excluding steroid dienone is 4. The summed E-state index contributed by atoms with van der Waals surface area (Å²) >= 11 is 1.82. The third-order valence-corrected chi connectivity index (χ3v) is 6.81. The third kappa shape index (κ3) is 4.64. The first-order valence-corrected chi connectivity index (χ1v) is 11.4. The molecule has 0 saturated carbocycles. The Morgan fingerprint density at radius 2 is 1.88 bits per heavy atom. The Morgan fingerprint density at radius 3 is 2.42 bits per heavy atom. The van der Waals surface area contributed by atoms with E-state index in [-0.39, 0.29) is 0 Å². The van der Waals surface area contributed by atoms with E-state index in [1.165, 1.54) is 17.4 Å². The highest BCUT2D eigenvalue weighted by Crippen LogP contribution is 2.35. The molecular formula is C20H26O2S2. The zero-order valence-electron chi connectivity index (χ0n) is 14.7. The van der Waals surface area contributed by atoms with Crippen molar-refractivity contribution >= 4 is 27.2 Å². The Morgan fingerprint density at radius 1 is 1.21 bits per heavy atom. The van der Waals surface area contributed by atoms with Crippen LogP contribution in [0.15, 0.2) is 59.5 Å². The van der Waals surface area contributed by atoms with Crippen LogP contribution in [0.2, 0.25) is 0 Å². The van der Waals surface area contributed by atoms with Crippen LogP contribution >= 0.6 is 11.8 Å². The molecule has 0 radical (unpaired) electrons. The number of hydrogen-bond acceptors (Lipinski definition) is 3. The van der Waals surface area contributed by atoms with Gasteiger partial charge in [-0.15, -0.1) is 6.58 Å². The maximum Gasteiger partial charge on any atom is 0.175 e. The van der Waals surface area contributed by atoms with Gasteiger partial charge in [-0.3, -0.25) is 0 Å². The molecule has 1 aromatic carbocycles. The maximum absolute atomic E-state index is 11.6. The summed E-state index contributed by atoms with van der Waals surface area (Å²) in [5, 5.41) is 0.431. The van der Waals surface area contributed by atoms with Gasteiger partial charge in [-0.25, -0.2) is 8.42 Å². The summed E-state index contributed by atoms with van der Waals surface area (Å²) in [6.45, 7) is 6.13. The Kier molecular flexibility index (Phi) is 6.53. The minimum atomic E-state index is -3.14. The Balaban J connectivity index is 2.24. The molecule has 0 heterocycles. The first kappa shape index (κ1) is 19.1. The maximum atomic E-state index is 11.6. The Hall–Kier alpha value is -1.26. The summed E-state index contributed by atoms with van der Waals surface area (Å²) in [5.41, 5.74) is 3.85. The lowest BCUT2D eigenvalue weighted by Crippen LogP contribution is -2.07. The van der Waals surface area contributed by atoms with Gasteiger partial charge in [0.05, 0.1) is 4.90 Å². The van der Waals surface area contributed by atoms with Crippen molar-refractivity contribution in [1.82, 2.24) is 0 Å². The second-order valence-corrected chi connectivity index (χ2v) is 9.34. The summed E-state index contributed by atoms with van der Waals surface area (Å²) in [7, 11) is -3.14. The van der Waals surface area contributed by atoms with Gasteiger partial charge in [-0.05, 0) is 60.3 Å². The number of hydrogen-bond donors (Lipinski definition) is 0. The predicted octanol–water partition coefficient (Wildman–Crippen LogP) is 5.14. The van der Waals surface area contributed by atoms with Crippen molar-refractivity contribution in [3.63, 3.8) is 0 Å². The zero-order valence-corrected chi connectivity index (χ0v) is 16.3. The van der Waals surface area contributed by atoms with E-state index >= 15 is 0 Å². The van der Waals surface area contributed by atoms with Gasteiger partial charge in [0, 0.05) is 11.5 Å². The quantitative estimate of drug-likeness (QED) is 0.630. The standard InChI is InChI=1S/C20H26O2S2/c1-5-20(23-3)15(2)9-10-16-7-6-8-19(16)17-11-13-18(14-12-17)24(4,21)22/h5,9-15,20H,1,6-8H2,2-4H3/b10-9+. The van der Waals surface area contributed by atoms with Crippen molar-refractivity contribution in [3.05, 3.63) is 60.2 Å². The topological polar surface area (TPSA) is 34.1 Å². The van der Waals surface area contributed by atoms with Gasteiger partial charge in [0.15, 0.2) is 9.84 Å². The van der Waals surface area contributed by atoms with Crippen LogP contribution in [0, 0.1) is 5.92 Å². The lowest BCUT2D eigenvalue weighted by atomic mass is 10.00. The van der Waals surface area contributed by atoms with Gasteiger partial charge < -0.3 is 0 Å². The number of rotatable bonds is 7. The van der Waals surface area contributed by atoms with Crippen molar-refractivity contribution < 1.29 is 8.42 Å². The number of sulfone groups is 1. The molecule has 2 unspecified atom stereocenters. The molecule has 0 saturated heterocycles. The molecule has 24 heavy (non-hydrogen) atoms. The summed E-state index contributed by atoms with van der Waals surface area (Å²) < 4.78 is 23.2. The highest BCUT2D eigenvalue weighted by molar-refractivity contribution is 7.99. The van der Waals surface area contributed by atoms with Gasteiger partial charge in [-0.2, -0.15) is 11.8 Å². The van der Waals surface area contributed by atoms with Crippen LogP contribution in [0.5, 0.6) is 0 Å². The molecule has 2 atom stereocenters. The van der Waals surface area contributed by atoms with E-state index in [1.54, 1.807) is 12.1 Å².